The van der Waals surface area contributed by atoms with Crippen molar-refractivity contribution in [3.8, 4) is 40.0 Å². The zero-order chi connectivity index (χ0) is 24.1. The molecule has 2 aliphatic rings. The number of ether oxygens (including phenoxy) is 2. The van der Waals surface area contributed by atoms with Crippen LogP contribution in [0.2, 0.25) is 10.0 Å². The summed E-state index contributed by atoms with van der Waals surface area (Å²) in [6.07, 6.45) is 3.56. The molecular weight excluding hydrogens is 483 g/mol. The molecule has 4 aromatic rings. The number of nitriles is 1. The maximum atomic E-state index is 13.5. The highest BCUT2D eigenvalue weighted by Crippen LogP contribution is 2.45. The van der Waals surface area contributed by atoms with Crippen molar-refractivity contribution < 1.29 is 14.3 Å². The van der Waals surface area contributed by atoms with E-state index in [1.807, 2.05) is 36.4 Å². The van der Waals surface area contributed by atoms with Gasteiger partial charge in [-0.2, -0.15) is 5.26 Å². The van der Waals surface area contributed by atoms with Crippen LogP contribution in [0.3, 0.4) is 0 Å². The summed E-state index contributed by atoms with van der Waals surface area (Å²) in [6.45, 7) is 0.125. The van der Waals surface area contributed by atoms with E-state index in [2.05, 4.69) is 6.07 Å². The van der Waals surface area contributed by atoms with E-state index in [1.165, 1.54) is 0 Å². The summed E-state index contributed by atoms with van der Waals surface area (Å²) in [5.41, 5.74) is 4.98. The van der Waals surface area contributed by atoms with Crippen LogP contribution in [0.25, 0.3) is 34.5 Å². The summed E-state index contributed by atoms with van der Waals surface area (Å²) in [5.74, 6) is 1.02. The highest BCUT2D eigenvalue weighted by molar-refractivity contribution is 6.42. The summed E-state index contributed by atoms with van der Waals surface area (Å²) in [5, 5.41) is 11.1. The van der Waals surface area contributed by atoms with E-state index in [0.717, 1.165) is 11.1 Å². The monoisotopic (exact) mass is 496 g/mol. The quantitative estimate of drug-likeness (QED) is 0.267. The molecule has 0 saturated heterocycles. The molecule has 0 unspecified atom stereocenters. The van der Waals surface area contributed by atoms with Crippen molar-refractivity contribution in [1.82, 2.24) is 4.98 Å². The van der Waals surface area contributed by atoms with Crippen molar-refractivity contribution in [3.05, 3.63) is 98.7 Å². The lowest BCUT2D eigenvalue weighted by molar-refractivity contribution is 0.104. The number of ketones is 1. The van der Waals surface area contributed by atoms with Gasteiger partial charge in [0.15, 0.2) is 17.3 Å². The third-order valence-corrected chi connectivity index (χ3v) is 6.77. The van der Waals surface area contributed by atoms with Gasteiger partial charge in [-0.1, -0.05) is 65.7 Å². The molecule has 35 heavy (non-hydrogen) atoms. The zero-order valence-electron chi connectivity index (χ0n) is 18.0. The molecule has 7 heteroatoms. The molecule has 0 radical (unpaired) electrons. The molecule has 3 aromatic carbocycles. The van der Waals surface area contributed by atoms with Crippen molar-refractivity contribution >= 4 is 41.1 Å². The number of aromatic nitrogens is 1. The van der Waals surface area contributed by atoms with Gasteiger partial charge in [0.25, 0.3) is 0 Å². The van der Waals surface area contributed by atoms with Gasteiger partial charge in [-0.25, -0.2) is 4.98 Å². The summed E-state index contributed by atoms with van der Waals surface area (Å²) in [6, 6.07) is 20.3. The molecule has 1 aromatic heterocycles. The van der Waals surface area contributed by atoms with Gasteiger partial charge in [-0.15, -0.1) is 0 Å². The fourth-order valence-electron chi connectivity index (χ4n) is 4.41. The number of carbonyl (C=O) groups is 1. The van der Waals surface area contributed by atoms with Crippen molar-refractivity contribution in [2.24, 2.45) is 0 Å². The maximum absolute atomic E-state index is 13.5. The van der Waals surface area contributed by atoms with Gasteiger partial charge in [-0.3, -0.25) is 4.79 Å². The second-order valence-electron chi connectivity index (χ2n) is 8.03. The lowest BCUT2D eigenvalue weighted by Crippen LogP contribution is -2.04. The molecule has 1 aliphatic heterocycles. The number of nitrogens with zero attached hydrogens (tertiary/aromatic N) is 2. The number of benzene rings is 3. The van der Waals surface area contributed by atoms with Gasteiger partial charge >= 0.3 is 0 Å². The SMILES string of the molecule is N#Cc1c(/C=C/c2ccc(Cl)c(Cl)c2)nc2c(c1-c1ccc3c(c1)OCO3)C(=O)c1ccccc1-2. The molecular formula is C28H14Cl2N2O3. The predicted molar refractivity (Wildman–Crippen MR) is 135 cm³/mol. The average Bonchev–Trinajstić information content (AvgIpc) is 3.46. The van der Waals surface area contributed by atoms with Crippen molar-refractivity contribution in [2.75, 3.05) is 6.79 Å². The van der Waals surface area contributed by atoms with Gasteiger partial charge in [0.2, 0.25) is 6.79 Å². The Hall–Kier alpha value is -4.11. The number of pyridine rings is 1. The average molecular weight is 497 g/mol. The Labute approximate surface area is 210 Å². The summed E-state index contributed by atoms with van der Waals surface area (Å²) in [4.78, 5) is 18.3. The first-order valence-electron chi connectivity index (χ1n) is 10.7. The fourth-order valence-corrected chi connectivity index (χ4v) is 4.71. The van der Waals surface area contributed by atoms with E-state index < -0.39 is 0 Å². The summed E-state index contributed by atoms with van der Waals surface area (Å²) in [7, 11) is 0. The van der Waals surface area contributed by atoms with E-state index in [4.69, 9.17) is 37.7 Å². The Kier molecular flexibility index (Phi) is 5.07. The standard InChI is InChI=1S/C28H14Cl2N2O3/c29-20-8-5-15(11-21(20)30)6-9-22-19(13-31)25(16-7-10-23-24(12-16)35-14-34-23)26-27(32-22)17-3-1-2-4-18(17)28(26)33/h1-12H,14H2/b9-6+. The van der Waals surface area contributed by atoms with Gasteiger partial charge in [0.05, 0.1) is 32.6 Å². The largest absolute Gasteiger partial charge is 0.454 e. The lowest BCUT2D eigenvalue weighted by Gasteiger charge is -2.13. The molecule has 0 amide bonds. The highest BCUT2D eigenvalue weighted by atomic mass is 35.5. The van der Waals surface area contributed by atoms with E-state index in [-0.39, 0.29) is 12.6 Å². The molecule has 1 aliphatic carbocycles. The van der Waals surface area contributed by atoms with Crippen LogP contribution in [0.4, 0.5) is 0 Å². The van der Waals surface area contributed by atoms with Gasteiger partial charge in [0.1, 0.15) is 6.07 Å². The van der Waals surface area contributed by atoms with Crippen LogP contribution in [-0.2, 0) is 0 Å². The van der Waals surface area contributed by atoms with E-state index >= 15 is 0 Å². The van der Waals surface area contributed by atoms with Gasteiger partial charge in [0, 0.05) is 16.7 Å². The second-order valence-corrected chi connectivity index (χ2v) is 8.85. The number of fused-ring (bicyclic) bond motifs is 4. The van der Waals surface area contributed by atoms with E-state index in [9.17, 15) is 10.1 Å². The number of halogens is 2. The van der Waals surface area contributed by atoms with E-state index in [0.29, 0.717) is 60.7 Å². The Balaban J connectivity index is 1.60. The molecule has 0 spiro atoms. The zero-order valence-corrected chi connectivity index (χ0v) is 19.5. The molecule has 0 saturated carbocycles. The smallest absolute Gasteiger partial charge is 0.231 e. The molecule has 2 heterocycles. The maximum Gasteiger partial charge on any atom is 0.231 e. The van der Waals surface area contributed by atoms with Crippen LogP contribution >= 0.6 is 23.2 Å². The molecule has 0 bridgehead atoms. The predicted octanol–water partition coefficient (Wildman–Crippen LogP) is 7.04. The fraction of sp³-hybridized carbons (Fsp3) is 0.0357. The number of hydrogen-bond donors (Lipinski definition) is 0. The van der Waals surface area contributed by atoms with Crippen LogP contribution in [-0.4, -0.2) is 17.6 Å². The Morgan fingerprint density at radius 2 is 1.69 bits per heavy atom. The normalized spacial score (nSPS) is 13.1. The van der Waals surface area contributed by atoms with Gasteiger partial charge < -0.3 is 9.47 Å². The second kappa shape index (κ2) is 8.28. The third-order valence-electron chi connectivity index (χ3n) is 6.03. The molecule has 6 rings (SSSR count). The Morgan fingerprint density at radius 3 is 2.49 bits per heavy atom. The first kappa shape index (κ1) is 21.4. The van der Waals surface area contributed by atoms with Gasteiger partial charge in [-0.05, 0) is 41.5 Å². The Morgan fingerprint density at radius 1 is 0.886 bits per heavy atom. The van der Waals surface area contributed by atoms with Crippen LogP contribution in [0.1, 0.15) is 32.7 Å². The molecule has 0 fully saturated rings. The van der Waals surface area contributed by atoms with E-state index in [1.54, 1.807) is 36.4 Å². The molecule has 0 N–H and O–H groups in total. The van der Waals surface area contributed by atoms with Crippen molar-refractivity contribution in [2.45, 2.75) is 0 Å². The third kappa shape index (κ3) is 3.47. The van der Waals surface area contributed by atoms with Crippen LogP contribution < -0.4 is 9.47 Å². The first-order valence-corrected chi connectivity index (χ1v) is 11.5. The van der Waals surface area contributed by atoms with Crippen molar-refractivity contribution in [1.29, 1.82) is 5.26 Å². The van der Waals surface area contributed by atoms with Crippen LogP contribution in [0, 0.1) is 11.3 Å². The minimum Gasteiger partial charge on any atom is -0.454 e. The minimum atomic E-state index is -0.160. The summed E-state index contributed by atoms with van der Waals surface area (Å²) < 4.78 is 11.0. The highest BCUT2D eigenvalue weighted by Gasteiger charge is 2.34. The Bertz CT molecular complexity index is 1640. The summed E-state index contributed by atoms with van der Waals surface area (Å²) >= 11 is 12.2. The minimum absolute atomic E-state index is 0.125. The number of rotatable bonds is 3. The van der Waals surface area contributed by atoms with Crippen LogP contribution in [0.5, 0.6) is 11.5 Å². The van der Waals surface area contributed by atoms with Crippen LogP contribution in [0.15, 0.2) is 60.7 Å². The molecule has 168 valence electrons. The first-order chi connectivity index (χ1) is 17.0. The lowest BCUT2D eigenvalue weighted by atomic mass is 9.91. The molecule has 5 nitrogen and oxygen atoms in total. The van der Waals surface area contributed by atoms with Crippen molar-refractivity contribution in [3.63, 3.8) is 0 Å². The number of carbonyl (C=O) groups excluding carboxylic acids is 1. The number of hydrogen-bond acceptors (Lipinski definition) is 5. The topological polar surface area (TPSA) is 72.2 Å². The molecule has 0 atom stereocenters.